The maximum absolute atomic E-state index is 6.17. The van der Waals surface area contributed by atoms with E-state index in [1.54, 1.807) is 0 Å². The monoisotopic (exact) mass is 406 g/mol. The second-order valence-electron chi connectivity index (χ2n) is 8.27. The molecule has 5 nitrogen and oxygen atoms in total. The van der Waals surface area contributed by atoms with E-state index >= 15 is 0 Å². The molecule has 2 aromatic carbocycles. The van der Waals surface area contributed by atoms with Gasteiger partial charge in [0.1, 0.15) is 11.3 Å². The van der Waals surface area contributed by atoms with Gasteiger partial charge in [-0.3, -0.25) is 0 Å². The van der Waals surface area contributed by atoms with Crippen LogP contribution in [-0.4, -0.2) is 25.2 Å². The number of hydrogen-bond acceptors (Lipinski definition) is 5. The van der Waals surface area contributed by atoms with Crippen LogP contribution in [0, 0.1) is 0 Å². The van der Waals surface area contributed by atoms with Gasteiger partial charge in [-0.25, -0.2) is 4.98 Å². The van der Waals surface area contributed by atoms with Crippen molar-refractivity contribution in [2.45, 2.75) is 20.0 Å². The summed E-state index contributed by atoms with van der Waals surface area (Å²) in [7, 11) is 2.16. The number of aromatic nitrogens is 1. The van der Waals surface area contributed by atoms with Crippen LogP contribution in [-0.2, 0) is 0 Å². The molecule has 0 saturated heterocycles. The third-order valence-corrected chi connectivity index (χ3v) is 6.43. The van der Waals surface area contributed by atoms with Crippen LogP contribution in [0.3, 0.4) is 0 Å². The summed E-state index contributed by atoms with van der Waals surface area (Å²) in [6, 6.07) is 23.0. The molecular weight excluding hydrogens is 383 g/mol. The van der Waals surface area contributed by atoms with E-state index < -0.39 is 0 Å². The predicted molar refractivity (Wildman–Crippen MR) is 129 cm³/mol. The zero-order chi connectivity index (χ0) is 21.1. The van der Waals surface area contributed by atoms with Gasteiger partial charge in [-0.1, -0.05) is 35.8 Å². The van der Waals surface area contributed by atoms with Gasteiger partial charge in [0.05, 0.1) is 17.5 Å². The highest BCUT2D eigenvalue weighted by atomic mass is 16.3. The molecule has 0 bridgehead atoms. The summed E-state index contributed by atoms with van der Waals surface area (Å²) in [5, 5.41) is 1.15. The predicted octanol–water partition coefficient (Wildman–Crippen LogP) is 5.71. The molecule has 0 radical (unpaired) electrons. The Morgan fingerprint density at radius 3 is 2.58 bits per heavy atom. The lowest BCUT2D eigenvalue weighted by Gasteiger charge is -2.40. The molecule has 1 atom stereocenters. The Morgan fingerprint density at radius 1 is 0.968 bits per heavy atom. The lowest BCUT2D eigenvalue weighted by atomic mass is 9.61. The third-order valence-electron chi connectivity index (χ3n) is 6.43. The van der Waals surface area contributed by atoms with Gasteiger partial charge in [-0.05, 0) is 63.4 Å². The number of anilines is 4. The van der Waals surface area contributed by atoms with Crippen LogP contribution in [0.4, 0.5) is 22.9 Å². The first kappa shape index (κ1) is 18.1. The minimum absolute atomic E-state index is 0.0557. The minimum atomic E-state index is 0.0557. The number of hydrogen-bond donors (Lipinski definition) is 0. The maximum atomic E-state index is 6.17. The molecule has 4 heterocycles. The van der Waals surface area contributed by atoms with E-state index in [-0.39, 0.29) is 13.1 Å². The van der Waals surface area contributed by atoms with Crippen molar-refractivity contribution in [3.05, 3.63) is 84.2 Å². The Bertz CT molecular complexity index is 1320. The second kappa shape index (κ2) is 6.67. The SMILES string of the molecule is CC1=Cc2oc3ccccc3c2N(C)B1N1c2cccnc2N(c2ccccc2)[C@@H]1C. The van der Waals surface area contributed by atoms with Crippen molar-refractivity contribution < 1.29 is 4.42 Å². The Labute approximate surface area is 182 Å². The smallest absolute Gasteiger partial charge is 0.408 e. The van der Waals surface area contributed by atoms with Crippen molar-refractivity contribution in [2.75, 3.05) is 21.6 Å². The fourth-order valence-corrected chi connectivity index (χ4v) is 5.17. The molecule has 2 aromatic heterocycles. The van der Waals surface area contributed by atoms with E-state index in [9.17, 15) is 0 Å². The number of fused-ring (bicyclic) bond motifs is 4. The number of benzene rings is 2. The lowest BCUT2D eigenvalue weighted by Crippen LogP contribution is -2.58. The van der Waals surface area contributed by atoms with Crippen LogP contribution in [0.25, 0.3) is 17.0 Å². The molecule has 31 heavy (non-hydrogen) atoms. The van der Waals surface area contributed by atoms with Crippen molar-refractivity contribution in [1.82, 2.24) is 4.98 Å². The first-order valence-electron chi connectivity index (χ1n) is 10.7. The Kier molecular flexibility index (Phi) is 3.90. The van der Waals surface area contributed by atoms with Gasteiger partial charge in [0.2, 0.25) is 0 Å². The summed E-state index contributed by atoms with van der Waals surface area (Å²) in [5.74, 6) is 1.92. The molecule has 6 heteroatoms. The zero-order valence-electron chi connectivity index (χ0n) is 17.9. The van der Waals surface area contributed by atoms with Crippen LogP contribution in [0.5, 0.6) is 0 Å². The van der Waals surface area contributed by atoms with Crippen LogP contribution in [0.1, 0.15) is 19.6 Å². The van der Waals surface area contributed by atoms with Crippen molar-refractivity contribution >= 4 is 46.9 Å². The van der Waals surface area contributed by atoms with Crippen molar-refractivity contribution in [2.24, 2.45) is 0 Å². The standard InChI is InChI=1S/C25H23BN4O/c1-17-16-23-24(20-12-7-8-14-22(20)31-23)28(3)26(17)30-18(2)29(19-10-5-4-6-11-19)25-21(30)13-9-15-27-25/h4-16,18H,1-3H3/t18-/m0/s1. The van der Waals surface area contributed by atoms with Gasteiger partial charge in [-0.2, -0.15) is 0 Å². The molecule has 0 fully saturated rings. The molecule has 0 unspecified atom stereocenters. The highest BCUT2D eigenvalue weighted by Crippen LogP contribution is 2.46. The lowest BCUT2D eigenvalue weighted by molar-refractivity contribution is 0.603. The van der Waals surface area contributed by atoms with Gasteiger partial charge in [-0.15, -0.1) is 0 Å². The molecule has 0 amide bonds. The number of nitrogens with zero attached hydrogens (tertiary/aromatic N) is 4. The van der Waals surface area contributed by atoms with E-state index in [1.807, 2.05) is 24.4 Å². The number of allylic oxidation sites excluding steroid dienone is 1. The fraction of sp³-hybridized carbons (Fsp3) is 0.160. The number of pyridine rings is 1. The van der Waals surface area contributed by atoms with Crippen LogP contribution in [0.2, 0.25) is 0 Å². The van der Waals surface area contributed by atoms with Crippen molar-refractivity contribution in [3.8, 4) is 0 Å². The number of furan rings is 1. The molecule has 4 aromatic rings. The summed E-state index contributed by atoms with van der Waals surface area (Å²) in [5.41, 5.74) is 5.59. The first-order valence-corrected chi connectivity index (χ1v) is 10.7. The van der Waals surface area contributed by atoms with Gasteiger partial charge >= 0.3 is 6.98 Å². The van der Waals surface area contributed by atoms with Crippen molar-refractivity contribution in [1.29, 1.82) is 0 Å². The van der Waals surface area contributed by atoms with E-state index in [0.717, 1.165) is 39.6 Å². The quantitative estimate of drug-likeness (QED) is 0.399. The van der Waals surface area contributed by atoms with Gasteiger partial charge in [0, 0.05) is 17.3 Å². The summed E-state index contributed by atoms with van der Waals surface area (Å²) in [4.78, 5) is 11.9. The normalized spacial score (nSPS) is 17.8. The van der Waals surface area contributed by atoms with E-state index in [4.69, 9.17) is 9.40 Å². The highest BCUT2D eigenvalue weighted by molar-refractivity contribution is 6.76. The summed E-state index contributed by atoms with van der Waals surface area (Å²) in [6.45, 7) is 4.49. The number of para-hydroxylation sites is 2. The Morgan fingerprint density at radius 2 is 1.74 bits per heavy atom. The molecule has 0 N–H and O–H groups in total. The average Bonchev–Trinajstić information content (AvgIpc) is 3.29. The molecular formula is C25H23BN4O. The Hall–Kier alpha value is -3.67. The second-order valence-corrected chi connectivity index (χ2v) is 8.27. The van der Waals surface area contributed by atoms with Crippen LogP contribution >= 0.6 is 0 Å². The van der Waals surface area contributed by atoms with Gasteiger partial charge in [0.25, 0.3) is 0 Å². The largest absolute Gasteiger partial charge is 0.455 e. The fourth-order valence-electron chi connectivity index (χ4n) is 5.17. The van der Waals surface area contributed by atoms with E-state index in [1.165, 1.54) is 5.47 Å². The Balaban J connectivity index is 1.50. The minimum Gasteiger partial charge on any atom is -0.455 e. The topological polar surface area (TPSA) is 35.8 Å². The molecule has 0 saturated carbocycles. The molecule has 0 aliphatic carbocycles. The zero-order valence-corrected chi connectivity index (χ0v) is 17.9. The first-order chi connectivity index (χ1) is 15.1. The van der Waals surface area contributed by atoms with E-state index in [0.29, 0.717) is 0 Å². The molecule has 0 spiro atoms. The molecule has 2 aliphatic rings. The average molecular weight is 406 g/mol. The molecule has 6 rings (SSSR count). The molecule has 152 valence electrons. The van der Waals surface area contributed by atoms with Crippen molar-refractivity contribution in [3.63, 3.8) is 0 Å². The maximum Gasteiger partial charge on any atom is 0.408 e. The van der Waals surface area contributed by atoms with Crippen LogP contribution < -0.4 is 14.5 Å². The summed E-state index contributed by atoms with van der Waals surface area (Å²) < 4.78 is 6.17. The third kappa shape index (κ3) is 2.54. The summed E-state index contributed by atoms with van der Waals surface area (Å²) in [6.07, 6.45) is 4.16. The summed E-state index contributed by atoms with van der Waals surface area (Å²) >= 11 is 0. The number of rotatable bonds is 2. The highest BCUT2D eigenvalue weighted by Gasteiger charge is 2.46. The molecule has 2 aliphatic heterocycles. The van der Waals surface area contributed by atoms with Gasteiger partial charge < -0.3 is 18.9 Å². The van der Waals surface area contributed by atoms with Crippen LogP contribution in [0.15, 0.2) is 82.8 Å². The van der Waals surface area contributed by atoms with Gasteiger partial charge in [0.15, 0.2) is 5.82 Å². The van der Waals surface area contributed by atoms with E-state index in [2.05, 4.69) is 90.0 Å².